The van der Waals surface area contributed by atoms with Gasteiger partial charge in [0.25, 0.3) is 0 Å². The number of nitrogens with one attached hydrogen (secondary N) is 1. The molecular formula is C18H21F2N. The fraction of sp³-hybridized carbons (Fsp3) is 0.333. The fourth-order valence-electron chi connectivity index (χ4n) is 2.49. The Hall–Kier alpha value is -1.74. The van der Waals surface area contributed by atoms with Crippen molar-refractivity contribution >= 4 is 0 Å². The Labute approximate surface area is 125 Å². The van der Waals surface area contributed by atoms with Gasteiger partial charge in [-0.3, -0.25) is 0 Å². The van der Waals surface area contributed by atoms with Gasteiger partial charge in [-0.15, -0.1) is 0 Å². The predicted octanol–water partition coefficient (Wildman–Crippen LogP) is 4.62. The van der Waals surface area contributed by atoms with Crippen LogP contribution in [0.2, 0.25) is 0 Å². The molecule has 112 valence electrons. The lowest BCUT2D eigenvalue weighted by Crippen LogP contribution is -2.19. The standard InChI is InChI=1S/C18H21F2N/c1-3-4-5-13-6-8-14(9-7-13)18(21-2)16-11-10-15(19)12-17(16)20/h6-12,18,21H,3-5H2,1-2H3. The van der Waals surface area contributed by atoms with E-state index in [4.69, 9.17) is 0 Å². The number of benzene rings is 2. The summed E-state index contributed by atoms with van der Waals surface area (Å²) in [5.41, 5.74) is 2.72. The number of unbranched alkanes of at least 4 members (excludes halogenated alkanes) is 1. The maximum absolute atomic E-state index is 13.9. The summed E-state index contributed by atoms with van der Waals surface area (Å²) in [5, 5.41) is 3.10. The molecule has 1 atom stereocenters. The second kappa shape index (κ2) is 7.32. The zero-order valence-electron chi connectivity index (χ0n) is 12.5. The van der Waals surface area contributed by atoms with Gasteiger partial charge in [-0.2, -0.15) is 0 Å². The molecule has 0 saturated heterocycles. The van der Waals surface area contributed by atoms with E-state index in [1.54, 1.807) is 7.05 Å². The summed E-state index contributed by atoms with van der Waals surface area (Å²) in [5.74, 6) is -1.08. The number of hydrogen-bond acceptors (Lipinski definition) is 1. The average molecular weight is 289 g/mol. The molecule has 0 spiro atoms. The molecule has 2 aromatic rings. The van der Waals surface area contributed by atoms with Gasteiger partial charge >= 0.3 is 0 Å². The molecule has 2 rings (SSSR count). The predicted molar refractivity (Wildman–Crippen MR) is 82.3 cm³/mol. The van der Waals surface area contributed by atoms with Crippen molar-refractivity contribution in [3.8, 4) is 0 Å². The van der Waals surface area contributed by atoms with Crippen LogP contribution in [0.1, 0.15) is 42.5 Å². The smallest absolute Gasteiger partial charge is 0.131 e. The normalized spacial score (nSPS) is 12.4. The van der Waals surface area contributed by atoms with Crippen LogP contribution in [-0.2, 0) is 6.42 Å². The average Bonchev–Trinajstić information content (AvgIpc) is 2.49. The van der Waals surface area contributed by atoms with Crippen LogP contribution in [0.15, 0.2) is 42.5 Å². The summed E-state index contributed by atoms with van der Waals surface area (Å²) in [7, 11) is 1.78. The van der Waals surface area contributed by atoms with Gasteiger partial charge in [0.05, 0.1) is 6.04 Å². The Morgan fingerprint density at radius 1 is 1.05 bits per heavy atom. The third-order valence-corrected chi connectivity index (χ3v) is 3.69. The quantitative estimate of drug-likeness (QED) is 0.818. The van der Waals surface area contributed by atoms with Crippen molar-refractivity contribution in [2.45, 2.75) is 32.2 Å². The first kappa shape index (κ1) is 15.6. The van der Waals surface area contributed by atoms with Crippen LogP contribution < -0.4 is 5.32 Å². The van der Waals surface area contributed by atoms with Gasteiger partial charge in [-0.25, -0.2) is 8.78 Å². The van der Waals surface area contributed by atoms with Gasteiger partial charge in [0.15, 0.2) is 0 Å². The van der Waals surface area contributed by atoms with Crippen molar-refractivity contribution in [1.29, 1.82) is 0 Å². The van der Waals surface area contributed by atoms with Crippen molar-refractivity contribution < 1.29 is 8.78 Å². The van der Waals surface area contributed by atoms with E-state index in [2.05, 4.69) is 24.4 Å². The summed E-state index contributed by atoms with van der Waals surface area (Å²) in [4.78, 5) is 0. The van der Waals surface area contributed by atoms with Gasteiger partial charge in [0.1, 0.15) is 11.6 Å². The molecule has 0 saturated carbocycles. The van der Waals surface area contributed by atoms with E-state index in [1.165, 1.54) is 30.5 Å². The van der Waals surface area contributed by atoms with Gasteiger partial charge in [-0.1, -0.05) is 43.7 Å². The molecule has 0 aromatic heterocycles. The molecule has 1 unspecified atom stereocenters. The van der Waals surface area contributed by atoms with Crippen LogP contribution in [0.3, 0.4) is 0 Å². The number of halogens is 2. The summed E-state index contributed by atoms with van der Waals surface area (Å²) >= 11 is 0. The molecule has 0 radical (unpaired) electrons. The fourth-order valence-corrected chi connectivity index (χ4v) is 2.49. The molecule has 0 aliphatic rings. The molecule has 0 aliphatic carbocycles. The molecule has 0 fully saturated rings. The highest BCUT2D eigenvalue weighted by molar-refractivity contribution is 5.34. The topological polar surface area (TPSA) is 12.0 Å². The van der Waals surface area contributed by atoms with Gasteiger partial charge in [-0.05, 0) is 37.1 Å². The molecule has 21 heavy (non-hydrogen) atoms. The molecule has 2 aromatic carbocycles. The third kappa shape index (κ3) is 3.88. The van der Waals surface area contributed by atoms with E-state index in [-0.39, 0.29) is 6.04 Å². The van der Waals surface area contributed by atoms with Gasteiger partial charge < -0.3 is 5.32 Å². The maximum atomic E-state index is 13.9. The van der Waals surface area contributed by atoms with E-state index in [9.17, 15) is 8.78 Å². The molecule has 0 bridgehead atoms. The van der Waals surface area contributed by atoms with Crippen molar-refractivity contribution in [2.75, 3.05) is 7.05 Å². The minimum absolute atomic E-state index is 0.272. The van der Waals surface area contributed by atoms with E-state index in [1.807, 2.05) is 12.1 Å². The monoisotopic (exact) mass is 289 g/mol. The molecule has 0 amide bonds. The minimum atomic E-state index is -0.555. The second-order valence-corrected chi connectivity index (χ2v) is 5.23. The lowest BCUT2D eigenvalue weighted by molar-refractivity contribution is 0.551. The van der Waals surface area contributed by atoms with Crippen LogP contribution in [0.25, 0.3) is 0 Å². The van der Waals surface area contributed by atoms with E-state index >= 15 is 0 Å². The number of rotatable bonds is 6. The third-order valence-electron chi connectivity index (χ3n) is 3.69. The van der Waals surface area contributed by atoms with Crippen molar-refractivity contribution in [1.82, 2.24) is 5.32 Å². The summed E-state index contributed by atoms with van der Waals surface area (Å²) in [6.45, 7) is 2.17. The van der Waals surface area contributed by atoms with Crippen LogP contribution >= 0.6 is 0 Å². The summed E-state index contributed by atoms with van der Waals surface area (Å²) in [6, 6.07) is 11.6. The van der Waals surface area contributed by atoms with Crippen LogP contribution in [0.5, 0.6) is 0 Å². The van der Waals surface area contributed by atoms with Crippen LogP contribution in [0, 0.1) is 11.6 Å². The number of aryl methyl sites for hydroxylation is 1. The molecule has 0 heterocycles. The van der Waals surface area contributed by atoms with Gasteiger partial charge in [0, 0.05) is 11.6 Å². The van der Waals surface area contributed by atoms with Crippen LogP contribution in [0.4, 0.5) is 8.78 Å². The van der Waals surface area contributed by atoms with Crippen molar-refractivity contribution in [2.24, 2.45) is 0 Å². The highest BCUT2D eigenvalue weighted by Gasteiger charge is 2.16. The zero-order chi connectivity index (χ0) is 15.2. The molecule has 1 nitrogen and oxygen atoms in total. The molecular weight excluding hydrogens is 268 g/mol. The minimum Gasteiger partial charge on any atom is -0.309 e. The highest BCUT2D eigenvalue weighted by atomic mass is 19.1. The number of hydrogen-bond donors (Lipinski definition) is 1. The second-order valence-electron chi connectivity index (χ2n) is 5.23. The van der Waals surface area contributed by atoms with Gasteiger partial charge in [0.2, 0.25) is 0 Å². The summed E-state index contributed by atoms with van der Waals surface area (Å²) in [6.07, 6.45) is 3.40. The lowest BCUT2D eigenvalue weighted by Gasteiger charge is -2.18. The Morgan fingerprint density at radius 3 is 2.33 bits per heavy atom. The van der Waals surface area contributed by atoms with Crippen molar-refractivity contribution in [3.05, 3.63) is 70.8 Å². The Kier molecular flexibility index (Phi) is 5.45. The first-order chi connectivity index (χ1) is 10.2. The lowest BCUT2D eigenvalue weighted by atomic mass is 9.96. The Bertz CT molecular complexity index is 578. The maximum Gasteiger partial charge on any atom is 0.131 e. The van der Waals surface area contributed by atoms with E-state index in [0.717, 1.165) is 18.1 Å². The SMILES string of the molecule is CCCCc1ccc(C(NC)c2ccc(F)cc2F)cc1. The molecule has 0 aliphatic heterocycles. The first-order valence-corrected chi connectivity index (χ1v) is 7.36. The first-order valence-electron chi connectivity index (χ1n) is 7.36. The zero-order valence-corrected chi connectivity index (χ0v) is 12.5. The Balaban J connectivity index is 2.24. The highest BCUT2D eigenvalue weighted by Crippen LogP contribution is 2.25. The summed E-state index contributed by atoms with van der Waals surface area (Å²) < 4.78 is 27.0. The van der Waals surface area contributed by atoms with Crippen LogP contribution in [-0.4, -0.2) is 7.05 Å². The van der Waals surface area contributed by atoms with E-state index in [0.29, 0.717) is 5.56 Å². The Morgan fingerprint density at radius 2 is 1.76 bits per heavy atom. The van der Waals surface area contributed by atoms with Crippen molar-refractivity contribution in [3.63, 3.8) is 0 Å². The molecule has 1 N–H and O–H groups in total. The van der Waals surface area contributed by atoms with E-state index < -0.39 is 11.6 Å². The largest absolute Gasteiger partial charge is 0.309 e. The molecule has 3 heteroatoms.